The van der Waals surface area contributed by atoms with Crippen LogP contribution < -0.4 is 0 Å². The van der Waals surface area contributed by atoms with Gasteiger partial charge in [-0.25, -0.2) is 0 Å². The Balaban J connectivity index is 2.05. The molecule has 0 heterocycles. The number of hydrogen-bond donors (Lipinski definition) is 0. The molecule has 0 saturated heterocycles. The van der Waals surface area contributed by atoms with E-state index in [1.807, 2.05) is 54.8 Å². The molecule has 0 aliphatic heterocycles. The van der Waals surface area contributed by atoms with E-state index in [9.17, 15) is 4.79 Å². The summed E-state index contributed by atoms with van der Waals surface area (Å²) in [6, 6.07) is 15.2. The van der Waals surface area contributed by atoms with E-state index in [-0.39, 0.29) is 5.91 Å². The average molecular weight is 306 g/mol. The second-order valence-electron chi connectivity index (χ2n) is 4.52. The van der Waals surface area contributed by atoms with Crippen molar-refractivity contribution in [2.45, 2.75) is 11.4 Å². The molecular formula is C16H16ClNOS. The first-order chi connectivity index (χ1) is 9.60. The summed E-state index contributed by atoms with van der Waals surface area (Å²) in [7, 11) is 1.80. The maximum Gasteiger partial charge on any atom is 0.253 e. The molecule has 1 amide bonds. The van der Waals surface area contributed by atoms with Crippen molar-refractivity contribution in [3.05, 3.63) is 64.7 Å². The Hall–Kier alpha value is -1.45. The molecule has 20 heavy (non-hydrogen) atoms. The molecule has 2 aromatic rings. The minimum absolute atomic E-state index is 0.0209. The maximum atomic E-state index is 12.3. The summed E-state index contributed by atoms with van der Waals surface area (Å²) >= 11 is 7.52. The summed E-state index contributed by atoms with van der Waals surface area (Å²) in [5.74, 6) is 0.0209. The van der Waals surface area contributed by atoms with E-state index >= 15 is 0 Å². The van der Waals surface area contributed by atoms with Gasteiger partial charge in [0.05, 0.1) is 0 Å². The normalized spacial score (nSPS) is 10.3. The molecule has 0 aliphatic rings. The van der Waals surface area contributed by atoms with Crippen molar-refractivity contribution in [1.82, 2.24) is 4.90 Å². The van der Waals surface area contributed by atoms with Gasteiger partial charge in [-0.05, 0) is 48.2 Å². The Morgan fingerprint density at radius 1 is 1.10 bits per heavy atom. The number of nitrogens with zero attached hydrogens (tertiary/aromatic N) is 1. The van der Waals surface area contributed by atoms with Crippen molar-refractivity contribution in [2.24, 2.45) is 0 Å². The molecule has 0 saturated carbocycles. The fourth-order valence-electron chi connectivity index (χ4n) is 1.89. The fourth-order valence-corrected chi connectivity index (χ4v) is 2.42. The van der Waals surface area contributed by atoms with Gasteiger partial charge in [-0.15, -0.1) is 11.8 Å². The van der Waals surface area contributed by atoms with Gasteiger partial charge in [0.25, 0.3) is 5.91 Å². The monoisotopic (exact) mass is 305 g/mol. The van der Waals surface area contributed by atoms with Crippen LogP contribution in [0.15, 0.2) is 53.4 Å². The summed E-state index contributed by atoms with van der Waals surface area (Å²) in [6.45, 7) is 0.570. The van der Waals surface area contributed by atoms with Gasteiger partial charge in [0.2, 0.25) is 0 Å². The Morgan fingerprint density at radius 2 is 1.70 bits per heavy atom. The lowest BCUT2D eigenvalue weighted by molar-refractivity contribution is 0.0785. The van der Waals surface area contributed by atoms with Gasteiger partial charge in [-0.1, -0.05) is 23.7 Å². The number of rotatable bonds is 4. The van der Waals surface area contributed by atoms with Gasteiger partial charge in [0.1, 0.15) is 0 Å². The molecule has 0 bridgehead atoms. The third-order valence-electron chi connectivity index (χ3n) is 3.02. The quantitative estimate of drug-likeness (QED) is 0.783. The molecule has 2 nitrogen and oxygen atoms in total. The van der Waals surface area contributed by atoms with E-state index in [4.69, 9.17) is 11.6 Å². The predicted molar refractivity (Wildman–Crippen MR) is 85.5 cm³/mol. The van der Waals surface area contributed by atoms with E-state index in [1.54, 1.807) is 23.7 Å². The van der Waals surface area contributed by atoms with Crippen LogP contribution in [0.2, 0.25) is 5.02 Å². The number of benzene rings is 2. The van der Waals surface area contributed by atoms with Crippen molar-refractivity contribution in [3.8, 4) is 0 Å². The van der Waals surface area contributed by atoms with Crippen LogP contribution in [-0.4, -0.2) is 24.1 Å². The Labute approximate surface area is 128 Å². The molecule has 0 aliphatic carbocycles. The molecule has 0 unspecified atom stereocenters. The van der Waals surface area contributed by atoms with Gasteiger partial charge >= 0.3 is 0 Å². The Morgan fingerprint density at radius 3 is 2.25 bits per heavy atom. The van der Waals surface area contributed by atoms with Crippen molar-refractivity contribution >= 4 is 29.3 Å². The first kappa shape index (κ1) is 14.9. The van der Waals surface area contributed by atoms with Crippen molar-refractivity contribution in [1.29, 1.82) is 0 Å². The number of halogens is 1. The van der Waals surface area contributed by atoms with E-state index in [1.165, 1.54) is 0 Å². The topological polar surface area (TPSA) is 20.3 Å². The lowest BCUT2D eigenvalue weighted by Crippen LogP contribution is -2.26. The summed E-state index contributed by atoms with van der Waals surface area (Å²) in [6.07, 6.45) is 2.02. The minimum atomic E-state index is 0.0209. The highest BCUT2D eigenvalue weighted by Crippen LogP contribution is 2.17. The zero-order chi connectivity index (χ0) is 14.5. The molecule has 0 atom stereocenters. The molecule has 104 valence electrons. The van der Waals surface area contributed by atoms with Gasteiger partial charge < -0.3 is 4.90 Å². The second-order valence-corrected chi connectivity index (χ2v) is 5.83. The summed E-state index contributed by atoms with van der Waals surface area (Å²) < 4.78 is 0. The predicted octanol–water partition coefficient (Wildman–Crippen LogP) is 4.33. The lowest BCUT2D eigenvalue weighted by Gasteiger charge is -2.17. The molecular weight excluding hydrogens is 290 g/mol. The maximum absolute atomic E-state index is 12.3. The van der Waals surface area contributed by atoms with Crippen LogP contribution in [0.5, 0.6) is 0 Å². The van der Waals surface area contributed by atoms with E-state index in [2.05, 4.69) is 0 Å². The van der Waals surface area contributed by atoms with Crippen LogP contribution in [0, 0.1) is 0 Å². The van der Waals surface area contributed by atoms with Crippen LogP contribution in [0.4, 0.5) is 0 Å². The van der Waals surface area contributed by atoms with Crippen LogP contribution in [0.25, 0.3) is 0 Å². The number of carbonyl (C=O) groups is 1. The molecule has 0 aromatic heterocycles. The van der Waals surface area contributed by atoms with Gasteiger partial charge in [-0.2, -0.15) is 0 Å². The highest BCUT2D eigenvalue weighted by molar-refractivity contribution is 7.98. The van der Waals surface area contributed by atoms with Crippen LogP contribution in [-0.2, 0) is 6.54 Å². The Kier molecular flexibility index (Phi) is 5.10. The van der Waals surface area contributed by atoms with Crippen molar-refractivity contribution < 1.29 is 4.79 Å². The molecule has 4 heteroatoms. The summed E-state index contributed by atoms with van der Waals surface area (Å²) in [4.78, 5) is 15.2. The SMILES string of the molecule is CSc1ccc(C(=O)N(C)Cc2ccc(Cl)cc2)cc1. The average Bonchev–Trinajstić information content (AvgIpc) is 2.49. The third kappa shape index (κ3) is 3.78. The van der Waals surface area contributed by atoms with Crippen LogP contribution in [0.3, 0.4) is 0 Å². The summed E-state index contributed by atoms with van der Waals surface area (Å²) in [5, 5.41) is 0.704. The summed E-state index contributed by atoms with van der Waals surface area (Å²) in [5.41, 5.74) is 1.77. The fraction of sp³-hybridized carbons (Fsp3) is 0.188. The van der Waals surface area contributed by atoms with Gasteiger partial charge in [-0.3, -0.25) is 4.79 Å². The first-order valence-electron chi connectivity index (χ1n) is 6.24. The first-order valence-corrected chi connectivity index (χ1v) is 7.84. The molecule has 2 aromatic carbocycles. The van der Waals surface area contributed by atoms with Gasteiger partial charge in [0.15, 0.2) is 0 Å². The van der Waals surface area contributed by atoms with E-state index in [0.717, 1.165) is 10.5 Å². The highest BCUT2D eigenvalue weighted by atomic mass is 35.5. The number of hydrogen-bond acceptors (Lipinski definition) is 2. The number of carbonyl (C=O) groups excluding carboxylic acids is 1. The van der Waals surface area contributed by atoms with Crippen molar-refractivity contribution in [3.63, 3.8) is 0 Å². The minimum Gasteiger partial charge on any atom is -0.337 e. The van der Waals surface area contributed by atoms with Gasteiger partial charge in [0, 0.05) is 29.1 Å². The zero-order valence-electron chi connectivity index (χ0n) is 11.5. The molecule has 0 N–H and O–H groups in total. The standard InChI is InChI=1S/C16H16ClNOS/c1-18(11-12-3-7-14(17)8-4-12)16(19)13-5-9-15(20-2)10-6-13/h3-10H,11H2,1-2H3. The lowest BCUT2D eigenvalue weighted by atomic mass is 10.1. The van der Waals surface area contributed by atoms with E-state index in [0.29, 0.717) is 17.1 Å². The molecule has 0 fully saturated rings. The number of amides is 1. The smallest absolute Gasteiger partial charge is 0.253 e. The second kappa shape index (κ2) is 6.82. The number of thioether (sulfide) groups is 1. The molecule has 2 rings (SSSR count). The highest BCUT2D eigenvalue weighted by Gasteiger charge is 2.11. The third-order valence-corrected chi connectivity index (χ3v) is 4.01. The molecule has 0 radical (unpaired) electrons. The zero-order valence-corrected chi connectivity index (χ0v) is 13.0. The molecule has 0 spiro atoms. The van der Waals surface area contributed by atoms with E-state index < -0.39 is 0 Å². The van der Waals surface area contributed by atoms with Crippen LogP contribution >= 0.6 is 23.4 Å². The van der Waals surface area contributed by atoms with Crippen molar-refractivity contribution in [2.75, 3.05) is 13.3 Å². The largest absolute Gasteiger partial charge is 0.337 e. The van der Waals surface area contributed by atoms with Crippen LogP contribution in [0.1, 0.15) is 15.9 Å². The Bertz CT molecular complexity index is 580.